The third-order valence-corrected chi connectivity index (χ3v) is 5.53. The van der Waals surface area contributed by atoms with Gasteiger partial charge in [0.15, 0.2) is 0 Å². The Morgan fingerprint density at radius 3 is 2.96 bits per heavy atom. The smallest absolute Gasteiger partial charge is 0.226 e. The SMILES string of the molecule is Cc1nn(C)c(Cl)c1[C@@H]1CCCN1C(=O)[C@@H]1C[C@H]1c1ccco1. The molecule has 6 heteroatoms. The number of carbonyl (C=O) groups excluding carboxylic acids is 1. The van der Waals surface area contributed by atoms with E-state index in [1.165, 1.54) is 0 Å². The largest absolute Gasteiger partial charge is 0.469 e. The maximum atomic E-state index is 12.9. The average molecular weight is 334 g/mol. The van der Waals surface area contributed by atoms with E-state index < -0.39 is 0 Å². The molecule has 0 aromatic carbocycles. The van der Waals surface area contributed by atoms with Crippen LogP contribution in [0.1, 0.15) is 48.2 Å². The molecule has 1 saturated heterocycles. The maximum absolute atomic E-state index is 12.9. The molecule has 5 nitrogen and oxygen atoms in total. The molecule has 0 N–H and O–H groups in total. The van der Waals surface area contributed by atoms with E-state index in [-0.39, 0.29) is 23.8 Å². The van der Waals surface area contributed by atoms with Gasteiger partial charge in [0.05, 0.1) is 18.0 Å². The maximum Gasteiger partial charge on any atom is 0.226 e. The quantitative estimate of drug-likeness (QED) is 0.864. The van der Waals surface area contributed by atoms with Gasteiger partial charge in [-0.15, -0.1) is 0 Å². The van der Waals surface area contributed by atoms with Crippen LogP contribution in [0.5, 0.6) is 0 Å². The van der Waals surface area contributed by atoms with E-state index in [4.69, 9.17) is 16.0 Å². The predicted molar refractivity (Wildman–Crippen MR) is 86.2 cm³/mol. The van der Waals surface area contributed by atoms with Gasteiger partial charge in [-0.3, -0.25) is 9.48 Å². The molecule has 1 amide bonds. The van der Waals surface area contributed by atoms with E-state index in [2.05, 4.69) is 5.10 Å². The summed E-state index contributed by atoms with van der Waals surface area (Å²) < 4.78 is 7.14. The Kier molecular flexibility index (Phi) is 3.48. The van der Waals surface area contributed by atoms with Gasteiger partial charge in [0.1, 0.15) is 10.9 Å². The van der Waals surface area contributed by atoms with Gasteiger partial charge in [0, 0.05) is 31.0 Å². The van der Waals surface area contributed by atoms with Crippen LogP contribution in [0.4, 0.5) is 0 Å². The standard InChI is InChI=1S/C17H20ClN3O2/c1-10-15(16(18)20(2)19-10)13-5-3-7-21(13)17(22)12-9-11(12)14-6-4-8-23-14/h4,6,8,11-13H,3,5,7,9H2,1-2H3/t11-,12-,13+/m1/s1. The molecule has 1 aliphatic heterocycles. The number of carbonyl (C=O) groups is 1. The second-order valence-electron chi connectivity index (χ2n) is 6.57. The van der Waals surface area contributed by atoms with Crippen molar-refractivity contribution in [3.8, 4) is 0 Å². The van der Waals surface area contributed by atoms with Crippen molar-refractivity contribution in [2.75, 3.05) is 6.54 Å². The highest BCUT2D eigenvalue weighted by molar-refractivity contribution is 6.30. The predicted octanol–water partition coefficient (Wildman–Crippen LogP) is 3.44. The number of halogens is 1. The van der Waals surface area contributed by atoms with Crippen molar-refractivity contribution >= 4 is 17.5 Å². The number of nitrogens with zero attached hydrogens (tertiary/aromatic N) is 3. The van der Waals surface area contributed by atoms with Crippen LogP contribution in [-0.2, 0) is 11.8 Å². The number of amides is 1. The van der Waals surface area contributed by atoms with Gasteiger partial charge in [0.2, 0.25) is 5.91 Å². The number of furan rings is 1. The molecule has 0 spiro atoms. The van der Waals surface area contributed by atoms with Crippen LogP contribution in [0.25, 0.3) is 0 Å². The lowest BCUT2D eigenvalue weighted by molar-refractivity contribution is -0.133. The highest BCUT2D eigenvalue weighted by atomic mass is 35.5. The normalized spacial score (nSPS) is 26.7. The van der Waals surface area contributed by atoms with E-state index in [0.717, 1.165) is 42.8 Å². The van der Waals surface area contributed by atoms with Crippen molar-refractivity contribution in [1.29, 1.82) is 0 Å². The Labute approximate surface area is 140 Å². The average Bonchev–Trinajstić information content (AvgIpc) is 2.90. The molecular weight excluding hydrogens is 314 g/mol. The molecule has 4 rings (SSSR count). The summed E-state index contributed by atoms with van der Waals surface area (Å²) in [6, 6.07) is 3.90. The van der Waals surface area contributed by atoms with Crippen LogP contribution in [0.3, 0.4) is 0 Å². The highest BCUT2D eigenvalue weighted by Crippen LogP contribution is 2.50. The van der Waals surface area contributed by atoms with Crippen LogP contribution in [0, 0.1) is 12.8 Å². The van der Waals surface area contributed by atoms with Crippen LogP contribution in [0.15, 0.2) is 22.8 Å². The lowest BCUT2D eigenvalue weighted by Crippen LogP contribution is -2.32. The Morgan fingerprint density at radius 1 is 1.48 bits per heavy atom. The lowest BCUT2D eigenvalue weighted by atomic mass is 10.1. The zero-order chi connectivity index (χ0) is 16.1. The summed E-state index contributed by atoms with van der Waals surface area (Å²) in [6.07, 6.45) is 4.53. The molecule has 2 aliphatic rings. The van der Waals surface area contributed by atoms with Crippen LogP contribution < -0.4 is 0 Å². The molecule has 23 heavy (non-hydrogen) atoms. The fourth-order valence-corrected chi connectivity index (χ4v) is 4.15. The fourth-order valence-electron chi connectivity index (χ4n) is 3.85. The summed E-state index contributed by atoms with van der Waals surface area (Å²) in [4.78, 5) is 14.9. The minimum absolute atomic E-state index is 0.0532. The first-order valence-electron chi connectivity index (χ1n) is 8.10. The van der Waals surface area contributed by atoms with Crippen LogP contribution in [0.2, 0.25) is 5.15 Å². The van der Waals surface area contributed by atoms with Crippen molar-refractivity contribution in [3.05, 3.63) is 40.6 Å². The molecule has 0 radical (unpaired) electrons. The van der Waals surface area contributed by atoms with E-state index in [1.807, 2.05) is 31.0 Å². The summed E-state index contributed by atoms with van der Waals surface area (Å²) in [5, 5.41) is 5.04. The van der Waals surface area contributed by atoms with Gasteiger partial charge < -0.3 is 9.32 Å². The summed E-state index contributed by atoms with van der Waals surface area (Å²) in [5.41, 5.74) is 1.93. The van der Waals surface area contributed by atoms with Crippen LogP contribution >= 0.6 is 11.6 Å². The monoisotopic (exact) mass is 333 g/mol. The first kappa shape index (κ1) is 14.8. The Balaban J connectivity index is 1.55. The first-order valence-corrected chi connectivity index (χ1v) is 8.48. The Hall–Kier alpha value is -1.75. The summed E-state index contributed by atoms with van der Waals surface area (Å²) in [5.74, 6) is 1.45. The van der Waals surface area contributed by atoms with Crippen LogP contribution in [-0.4, -0.2) is 27.1 Å². The number of aryl methyl sites for hydroxylation is 2. The van der Waals surface area contributed by atoms with Gasteiger partial charge >= 0.3 is 0 Å². The second kappa shape index (κ2) is 5.41. The number of hydrogen-bond donors (Lipinski definition) is 0. The first-order chi connectivity index (χ1) is 11.1. The Morgan fingerprint density at radius 2 is 2.30 bits per heavy atom. The summed E-state index contributed by atoms with van der Waals surface area (Å²) >= 11 is 6.42. The molecule has 2 aromatic heterocycles. The van der Waals surface area contributed by atoms with E-state index >= 15 is 0 Å². The minimum Gasteiger partial charge on any atom is -0.469 e. The highest BCUT2D eigenvalue weighted by Gasteiger charge is 2.49. The number of aromatic nitrogens is 2. The topological polar surface area (TPSA) is 51.3 Å². The molecule has 0 bridgehead atoms. The van der Waals surface area contributed by atoms with Gasteiger partial charge in [-0.05, 0) is 38.3 Å². The molecule has 122 valence electrons. The molecule has 3 heterocycles. The number of hydrogen-bond acceptors (Lipinski definition) is 3. The number of likely N-dealkylation sites (tertiary alicyclic amines) is 1. The zero-order valence-corrected chi connectivity index (χ0v) is 14.1. The third kappa shape index (κ3) is 2.38. The van der Waals surface area contributed by atoms with Crippen molar-refractivity contribution in [2.24, 2.45) is 13.0 Å². The molecule has 2 fully saturated rings. The van der Waals surface area contributed by atoms with Gasteiger partial charge in [-0.25, -0.2) is 0 Å². The Bertz CT molecular complexity index is 737. The lowest BCUT2D eigenvalue weighted by Gasteiger charge is -2.25. The molecule has 0 unspecified atom stereocenters. The van der Waals surface area contributed by atoms with Crippen molar-refractivity contribution in [3.63, 3.8) is 0 Å². The molecule has 1 saturated carbocycles. The zero-order valence-electron chi connectivity index (χ0n) is 13.3. The fraction of sp³-hybridized carbons (Fsp3) is 0.529. The van der Waals surface area contributed by atoms with Crippen molar-refractivity contribution in [2.45, 2.75) is 38.1 Å². The molecule has 2 aromatic rings. The van der Waals surface area contributed by atoms with Gasteiger partial charge in [-0.1, -0.05) is 11.6 Å². The second-order valence-corrected chi connectivity index (χ2v) is 6.93. The number of rotatable bonds is 3. The van der Waals surface area contributed by atoms with E-state index in [0.29, 0.717) is 5.15 Å². The third-order valence-electron chi connectivity index (χ3n) is 5.08. The van der Waals surface area contributed by atoms with E-state index in [9.17, 15) is 4.79 Å². The summed E-state index contributed by atoms with van der Waals surface area (Å²) in [7, 11) is 1.84. The van der Waals surface area contributed by atoms with Crippen molar-refractivity contribution < 1.29 is 9.21 Å². The molecule has 3 atom stereocenters. The molecular formula is C17H20ClN3O2. The van der Waals surface area contributed by atoms with Gasteiger partial charge in [0.25, 0.3) is 0 Å². The minimum atomic E-state index is 0.0532. The molecule has 1 aliphatic carbocycles. The summed E-state index contributed by atoms with van der Waals surface area (Å²) in [6.45, 7) is 2.76. The van der Waals surface area contributed by atoms with Gasteiger partial charge in [-0.2, -0.15) is 5.10 Å². The van der Waals surface area contributed by atoms with Crippen molar-refractivity contribution in [1.82, 2.24) is 14.7 Å². The van der Waals surface area contributed by atoms with E-state index in [1.54, 1.807) is 10.9 Å².